The van der Waals surface area contributed by atoms with Gasteiger partial charge in [0.1, 0.15) is 30.7 Å². The Labute approximate surface area is 64.7 Å². The molecule has 0 amide bonds. The van der Waals surface area contributed by atoms with E-state index in [0.29, 0.717) is 5.76 Å². The molecule has 3 atom stereocenters. The quantitative estimate of drug-likeness (QED) is 0.460. The van der Waals surface area contributed by atoms with Crippen molar-refractivity contribution in [3.05, 3.63) is 11.8 Å². The molecule has 1 aliphatic heterocycles. The summed E-state index contributed by atoms with van der Waals surface area (Å²) in [6.45, 7) is 1.39. The summed E-state index contributed by atoms with van der Waals surface area (Å²) in [6, 6.07) is 0. The van der Waals surface area contributed by atoms with E-state index in [1.807, 2.05) is 0 Å². The molecule has 0 saturated heterocycles. The zero-order valence-electron chi connectivity index (χ0n) is 6.27. The lowest BCUT2D eigenvalue weighted by atomic mass is 10.1. The van der Waals surface area contributed by atoms with Crippen molar-refractivity contribution in [2.45, 2.75) is 25.2 Å². The van der Waals surface area contributed by atoms with Crippen LogP contribution in [0, 0.1) is 0 Å². The number of hydrogen-bond donors (Lipinski definition) is 3. The minimum absolute atomic E-state index is 0.242. The molecule has 11 heavy (non-hydrogen) atoms. The third kappa shape index (κ3) is 1.71. The Morgan fingerprint density at radius 3 is 2.64 bits per heavy atom. The third-order valence-corrected chi connectivity index (χ3v) is 1.68. The van der Waals surface area contributed by atoms with E-state index < -0.39 is 18.3 Å². The summed E-state index contributed by atoms with van der Waals surface area (Å²) in [6.07, 6.45) is -0.978. The highest BCUT2D eigenvalue weighted by atomic mass is 16.5. The molecular formula is C7H12O4. The van der Waals surface area contributed by atoms with E-state index in [-0.39, 0.29) is 6.61 Å². The van der Waals surface area contributed by atoms with E-state index in [1.54, 1.807) is 6.92 Å². The fraction of sp³-hybridized carbons (Fsp3) is 0.714. The van der Waals surface area contributed by atoms with Gasteiger partial charge >= 0.3 is 0 Å². The summed E-state index contributed by atoms with van der Waals surface area (Å²) in [7, 11) is 0. The number of hydrogen-bond acceptors (Lipinski definition) is 4. The Hall–Kier alpha value is -0.580. The fourth-order valence-electron chi connectivity index (χ4n) is 1.00. The van der Waals surface area contributed by atoms with E-state index in [1.165, 1.54) is 6.08 Å². The summed E-state index contributed by atoms with van der Waals surface area (Å²) in [4.78, 5) is 0. The highest BCUT2D eigenvalue weighted by Crippen LogP contribution is 2.16. The Kier molecular flexibility index (Phi) is 2.49. The van der Waals surface area contributed by atoms with Gasteiger partial charge in [0.05, 0.1) is 0 Å². The van der Waals surface area contributed by atoms with Gasteiger partial charge in [-0.1, -0.05) is 0 Å². The van der Waals surface area contributed by atoms with Gasteiger partial charge in [-0.15, -0.1) is 0 Å². The summed E-state index contributed by atoms with van der Waals surface area (Å²) in [5, 5.41) is 26.9. The van der Waals surface area contributed by atoms with Crippen molar-refractivity contribution >= 4 is 0 Å². The largest absolute Gasteiger partial charge is 0.490 e. The van der Waals surface area contributed by atoms with Crippen LogP contribution in [0.3, 0.4) is 0 Å². The molecule has 0 aromatic rings. The van der Waals surface area contributed by atoms with Gasteiger partial charge in [-0.25, -0.2) is 0 Å². The van der Waals surface area contributed by atoms with Crippen LogP contribution in [0.4, 0.5) is 0 Å². The van der Waals surface area contributed by atoms with Crippen molar-refractivity contribution in [1.82, 2.24) is 0 Å². The highest BCUT2D eigenvalue weighted by Gasteiger charge is 2.28. The minimum Gasteiger partial charge on any atom is -0.490 e. The third-order valence-electron chi connectivity index (χ3n) is 1.68. The number of aliphatic hydroxyl groups is 3. The molecule has 1 rings (SSSR count). The van der Waals surface area contributed by atoms with Crippen molar-refractivity contribution in [3.8, 4) is 0 Å². The first-order valence-corrected chi connectivity index (χ1v) is 3.49. The van der Waals surface area contributed by atoms with Crippen molar-refractivity contribution in [2.75, 3.05) is 6.61 Å². The van der Waals surface area contributed by atoms with Gasteiger partial charge in [0.25, 0.3) is 0 Å². The average molecular weight is 160 g/mol. The Balaban J connectivity index is 2.68. The predicted octanol–water partition coefficient (Wildman–Crippen LogP) is -0.997. The van der Waals surface area contributed by atoms with E-state index in [2.05, 4.69) is 0 Å². The first-order chi connectivity index (χ1) is 5.15. The Bertz CT molecular complexity index is 166. The van der Waals surface area contributed by atoms with E-state index >= 15 is 0 Å². The van der Waals surface area contributed by atoms with Crippen LogP contribution in [0.5, 0.6) is 0 Å². The summed E-state index contributed by atoms with van der Waals surface area (Å²) >= 11 is 0. The molecule has 64 valence electrons. The van der Waals surface area contributed by atoms with Gasteiger partial charge in [0.2, 0.25) is 0 Å². The van der Waals surface area contributed by atoms with Gasteiger partial charge in [-0.2, -0.15) is 0 Å². The van der Waals surface area contributed by atoms with Gasteiger partial charge in [-0.05, 0) is 13.0 Å². The maximum absolute atomic E-state index is 9.16. The van der Waals surface area contributed by atoms with E-state index in [4.69, 9.17) is 20.1 Å². The summed E-state index contributed by atoms with van der Waals surface area (Å²) < 4.78 is 5.02. The standard InChI is InChI=1S/C7H12O4/c1-4-7(10)6(9)2-5(3-8)11-4/h2,4,6-10H,3H2,1H3. The molecule has 1 heterocycles. The van der Waals surface area contributed by atoms with Gasteiger partial charge < -0.3 is 20.1 Å². The molecule has 0 aromatic heterocycles. The molecule has 4 heteroatoms. The number of rotatable bonds is 1. The molecule has 3 unspecified atom stereocenters. The second-order valence-electron chi connectivity index (χ2n) is 2.60. The predicted molar refractivity (Wildman–Crippen MR) is 37.7 cm³/mol. The molecular weight excluding hydrogens is 148 g/mol. The van der Waals surface area contributed by atoms with Crippen LogP contribution < -0.4 is 0 Å². The highest BCUT2D eigenvalue weighted by molar-refractivity contribution is 5.05. The molecule has 0 saturated carbocycles. The lowest BCUT2D eigenvalue weighted by Gasteiger charge is -2.28. The monoisotopic (exact) mass is 160 g/mol. The molecule has 4 nitrogen and oxygen atoms in total. The van der Waals surface area contributed by atoms with Gasteiger partial charge in [-0.3, -0.25) is 0 Å². The van der Waals surface area contributed by atoms with Crippen molar-refractivity contribution in [1.29, 1.82) is 0 Å². The van der Waals surface area contributed by atoms with Crippen molar-refractivity contribution in [2.24, 2.45) is 0 Å². The van der Waals surface area contributed by atoms with Crippen LogP contribution in [-0.4, -0.2) is 40.2 Å². The second kappa shape index (κ2) is 3.21. The smallest absolute Gasteiger partial charge is 0.124 e. The maximum atomic E-state index is 9.16. The number of ether oxygens (including phenoxy) is 1. The lowest BCUT2D eigenvalue weighted by Crippen LogP contribution is -2.40. The normalized spacial score (nSPS) is 37.8. The number of aliphatic hydroxyl groups excluding tert-OH is 3. The van der Waals surface area contributed by atoms with Crippen molar-refractivity contribution in [3.63, 3.8) is 0 Å². The Morgan fingerprint density at radius 1 is 1.55 bits per heavy atom. The molecule has 3 N–H and O–H groups in total. The molecule has 0 aliphatic carbocycles. The average Bonchev–Trinajstić information content (AvgIpc) is 1.99. The summed E-state index contributed by atoms with van der Waals surface area (Å²) in [5.74, 6) is 0.315. The van der Waals surface area contributed by atoms with Crippen LogP contribution in [0.2, 0.25) is 0 Å². The van der Waals surface area contributed by atoms with Crippen LogP contribution in [0.25, 0.3) is 0 Å². The molecule has 0 radical (unpaired) electrons. The van der Waals surface area contributed by atoms with Crippen molar-refractivity contribution < 1.29 is 20.1 Å². The van der Waals surface area contributed by atoms with Gasteiger partial charge in [0, 0.05) is 0 Å². The molecule has 0 aromatic carbocycles. The molecule has 1 aliphatic rings. The molecule has 0 spiro atoms. The maximum Gasteiger partial charge on any atom is 0.124 e. The zero-order valence-corrected chi connectivity index (χ0v) is 6.27. The Morgan fingerprint density at radius 2 is 2.18 bits per heavy atom. The summed E-state index contributed by atoms with van der Waals surface area (Å²) in [5.41, 5.74) is 0. The zero-order chi connectivity index (χ0) is 8.43. The lowest BCUT2D eigenvalue weighted by molar-refractivity contribution is -0.0705. The minimum atomic E-state index is -0.930. The van der Waals surface area contributed by atoms with Crippen LogP contribution >= 0.6 is 0 Å². The fourth-order valence-corrected chi connectivity index (χ4v) is 1.00. The van der Waals surface area contributed by atoms with E-state index in [0.717, 1.165) is 0 Å². The van der Waals surface area contributed by atoms with Crippen LogP contribution in [0.15, 0.2) is 11.8 Å². The first-order valence-electron chi connectivity index (χ1n) is 3.49. The second-order valence-corrected chi connectivity index (χ2v) is 2.60. The first kappa shape index (κ1) is 8.52. The molecule has 0 bridgehead atoms. The SMILES string of the molecule is CC1OC(CO)=CC(O)C1O. The van der Waals surface area contributed by atoms with Crippen LogP contribution in [0.1, 0.15) is 6.92 Å². The van der Waals surface area contributed by atoms with E-state index in [9.17, 15) is 0 Å². The van der Waals surface area contributed by atoms with Crippen LogP contribution in [-0.2, 0) is 4.74 Å². The van der Waals surface area contributed by atoms with Gasteiger partial charge in [0.15, 0.2) is 0 Å². The molecule has 0 fully saturated rings. The topological polar surface area (TPSA) is 69.9 Å².